The molecule has 1 saturated carbocycles. The first-order valence-corrected chi connectivity index (χ1v) is 8.40. The van der Waals surface area contributed by atoms with E-state index < -0.39 is 0 Å². The maximum Gasteiger partial charge on any atom is 0.128 e. The second-order valence-corrected chi connectivity index (χ2v) is 7.01. The average molecular weight is 341 g/mol. The molecule has 1 aliphatic carbocycles. The molecule has 1 aliphatic heterocycles. The predicted octanol–water partition coefficient (Wildman–Crippen LogP) is 3.55. The van der Waals surface area contributed by atoms with Crippen molar-refractivity contribution < 1.29 is 4.39 Å². The first kappa shape index (κ1) is 14.5. The van der Waals surface area contributed by atoms with Gasteiger partial charge in [0.25, 0.3) is 0 Å². The molecule has 1 saturated heterocycles. The van der Waals surface area contributed by atoms with E-state index >= 15 is 0 Å². The zero-order valence-electron chi connectivity index (χ0n) is 11.7. The van der Waals surface area contributed by atoms with Crippen LogP contribution in [0.3, 0.4) is 0 Å². The number of hydrogen-bond donors (Lipinski definition) is 1. The molecule has 1 N–H and O–H groups in total. The van der Waals surface area contributed by atoms with Gasteiger partial charge < -0.3 is 5.32 Å². The molecule has 0 aromatic heterocycles. The zero-order chi connectivity index (χ0) is 13.9. The first-order chi connectivity index (χ1) is 9.72. The first-order valence-electron chi connectivity index (χ1n) is 7.61. The van der Waals surface area contributed by atoms with Gasteiger partial charge in [0.1, 0.15) is 5.82 Å². The van der Waals surface area contributed by atoms with Gasteiger partial charge in [-0.15, -0.1) is 0 Å². The van der Waals surface area contributed by atoms with Crippen molar-refractivity contribution in [3.8, 4) is 0 Å². The molecule has 2 nitrogen and oxygen atoms in total. The van der Waals surface area contributed by atoms with Gasteiger partial charge in [-0.25, -0.2) is 4.39 Å². The van der Waals surface area contributed by atoms with E-state index in [0.29, 0.717) is 6.04 Å². The van der Waals surface area contributed by atoms with E-state index in [1.165, 1.54) is 25.7 Å². The minimum absolute atomic E-state index is 0.0877. The Morgan fingerprint density at radius 2 is 1.95 bits per heavy atom. The minimum atomic E-state index is -0.0877. The van der Waals surface area contributed by atoms with Gasteiger partial charge in [0.15, 0.2) is 0 Å². The van der Waals surface area contributed by atoms with Gasteiger partial charge in [-0.2, -0.15) is 0 Å². The molecule has 110 valence electrons. The SMILES string of the molecule is Fc1cc(Br)ccc1CN(CC1CCNCC1)C1CC1. The van der Waals surface area contributed by atoms with Crippen LogP contribution in [0.5, 0.6) is 0 Å². The standard InChI is InChI=1S/C16H22BrFN2/c17-14-2-1-13(16(18)9-14)11-20(15-3-4-15)10-12-5-7-19-8-6-12/h1-2,9,12,15,19H,3-8,10-11H2. The second kappa shape index (κ2) is 6.54. The summed E-state index contributed by atoms with van der Waals surface area (Å²) < 4.78 is 14.8. The molecule has 0 radical (unpaired) electrons. The third-order valence-corrected chi connectivity index (χ3v) is 4.90. The molecule has 2 fully saturated rings. The van der Waals surface area contributed by atoms with Crippen LogP contribution in [0.25, 0.3) is 0 Å². The van der Waals surface area contributed by atoms with Crippen LogP contribution in [-0.4, -0.2) is 30.6 Å². The predicted molar refractivity (Wildman–Crippen MR) is 83.1 cm³/mol. The van der Waals surface area contributed by atoms with Crippen LogP contribution in [0, 0.1) is 11.7 Å². The second-order valence-electron chi connectivity index (χ2n) is 6.09. The lowest BCUT2D eigenvalue weighted by Gasteiger charge is -2.30. The van der Waals surface area contributed by atoms with Crippen molar-refractivity contribution in [1.82, 2.24) is 10.2 Å². The fourth-order valence-corrected chi connectivity index (χ4v) is 3.38. The maximum absolute atomic E-state index is 14.0. The number of halogens is 2. The summed E-state index contributed by atoms with van der Waals surface area (Å²) in [4.78, 5) is 2.50. The van der Waals surface area contributed by atoms with Crippen LogP contribution in [-0.2, 0) is 6.54 Å². The maximum atomic E-state index is 14.0. The smallest absolute Gasteiger partial charge is 0.128 e. The molecule has 4 heteroatoms. The van der Waals surface area contributed by atoms with E-state index in [4.69, 9.17) is 0 Å². The molecule has 0 unspecified atom stereocenters. The van der Waals surface area contributed by atoms with E-state index in [2.05, 4.69) is 26.1 Å². The Kier molecular flexibility index (Phi) is 4.74. The van der Waals surface area contributed by atoms with Crippen LogP contribution in [0.15, 0.2) is 22.7 Å². The lowest BCUT2D eigenvalue weighted by atomic mass is 9.97. The molecule has 3 rings (SSSR count). The highest BCUT2D eigenvalue weighted by molar-refractivity contribution is 9.10. The van der Waals surface area contributed by atoms with E-state index in [9.17, 15) is 4.39 Å². The van der Waals surface area contributed by atoms with Crippen LogP contribution < -0.4 is 5.32 Å². The minimum Gasteiger partial charge on any atom is -0.317 e. The molecule has 2 aliphatic rings. The Hall–Kier alpha value is -0.450. The summed E-state index contributed by atoms with van der Waals surface area (Å²) in [6.45, 7) is 4.15. The van der Waals surface area contributed by atoms with Crippen molar-refractivity contribution in [2.45, 2.75) is 38.3 Å². The topological polar surface area (TPSA) is 15.3 Å². The normalized spacial score (nSPS) is 20.6. The average Bonchev–Trinajstić information content (AvgIpc) is 3.26. The molecule has 0 spiro atoms. The van der Waals surface area contributed by atoms with Crippen molar-refractivity contribution >= 4 is 15.9 Å². The quantitative estimate of drug-likeness (QED) is 0.881. The van der Waals surface area contributed by atoms with Gasteiger partial charge in [0.05, 0.1) is 0 Å². The Balaban J connectivity index is 1.64. The third kappa shape index (κ3) is 3.80. The van der Waals surface area contributed by atoms with E-state index in [0.717, 1.165) is 42.1 Å². The molecular formula is C16H22BrFN2. The van der Waals surface area contributed by atoms with Gasteiger partial charge in [0, 0.05) is 29.2 Å². The van der Waals surface area contributed by atoms with Gasteiger partial charge in [-0.05, 0) is 56.8 Å². The Morgan fingerprint density at radius 3 is 2.60 bits per heavy atom. The van der Waals surface area contributed by atoms with Crippen LogP contribution in [0.2, 0.25) is 0 Å². The summed E-state index contributed by atoms with van der Waals surface area (Å²) in [7, 11) is 0. The van der Waals surface area contributed by atoms with E-state index in [-0.39, 0.29) is 5.82 Å². The number of piperidine rings is 1. The number of nitrogens with zero attached hydrogens (tertiary/aromatic N) is 1. The lowest BCUT2D eigenvalue weighted by Crippen LogP contribution is -2.37. The van der Waals surface area contributed by atoms with Crippen molar-refractivity contribution in [3.63, 3.8) is 0 Å². The summed E-state index contributed by atoms with van der Waals surface area (Å²) in [5.74, 6) is 0.686. The number of nitrogens with one attached hydrogen (secondary N) is 1. The Labute approximate surface area is 128 Å². The van der Waals surface area contributed by atoms with Crippen molar-refractivity contribution in [1.29, 1.82) is 0 Å². The van der Waals surface area contributed by atoms with Crippen molar-refractivity contribution in [2.75, 3.05) is 19.6 Å². The molecule has 0 amide bonds. The van der Waals surface area contributed by atoms with Crippen LogP contribution in [0.1, 0.15) is 31.2 Å². The van der Waals surface area contributed by atoms with Crippen LogP contribution in [0.4, 0.5) is 4.39 Å². The third-order valence-electron chi connectivity index (χ3n) is 4.40. The summed E-state index contributed by atoms with van der Waals surface area (Å²) in [5.41, 5.74) is 0.828. The van der Waals surface area contributed by atoms with Gasteiger partial charge >= 0.3 is 0 Å². The summed E-state index contributed by atoms with van der Waals surface area (Å²) in [5, 5.41) is 3.41. The van der Waals surface area contributed by atoms with Gasteiger partial charge in [-0.3, -0.25) is 4.90 Å². The monoisotopic (exact) mass is 340 g/mol. The molecule has 0 bridgehead atoms. The highest BCUT2D eigenvalue weighted by Gasteiger charge is 2.31. The molecule has 0 atom stereocenters. The van der Waals surface area contributed by atoms with E-state index in [1.54, 1.807) is 6.07 Å². The molecule has 1 heterocycles. The lowest BCUT2D eigenvalue weighted by molar-refractivity contribution is 0.188. The Morgan fingerprint density at radius 1 is 1.20 bits per heavy atom. The molecule has 20 heavy (non-hydrogen) atoms. The highest BCUT2D eigenvalue weighted by atomic mass is 79.9. The summed E-state index contributed by atoms with van der Waals surface area (Å²) in [6, 6.07) is 6.11. The molecule has 1 aromatic rings. The highest BCUT2D eigenvalue weighted by Crippen LogP contribution is 2.31. The van der Waals surface area contributed by atoms with Crippen molar-refractivity contribution in [2.24, 2.45) is 5.92 Å². The molecular weight excluding hydrogens is 319 g/mol. The Bertz CT molecular complexity index is 456. The number of hydrogen-bond acceptors (Lipinski definition) is 2. The van der Waals surface area contributed by atoms with Gasteiger partial charge in [0.2, 0.25) is 0 Å². The fraction of sp³-hybridized carbons (Fsp3) is 0.625. The summed E-state index contributed by atoms with van der Waals surface area (Å²) >= 11 is 3.32. The van der Waals surface area contributed by atoms with Crippen LogP contribution >= 0.6 is 15.9 Å². The largest absolute Gasteiger partial charge is 0.317 e. The fourth-order valence-electron chi connectivity index (χ4n) is 3.05. The summed E-state index contributed by atoms with van der Waals surface area (Å²) in [6.07, 6.45) is 5.07. The van der Waals surface area contributed by atoms with E-state index in [1.807, 2.05) is 12.1 Å². The number of benzene rings is 1. The molecule has 1 aromatic carbocycles. The number of rotatable bonds is 5. The zero-order valence-corrected chi connectivity index (χ0v) is 13.3. The van der Waals surface area contributed by atoms with Crippen molar-refractivity contribution in [3.05, 3.63) is 34.1 Å². The van der Waals surface area contributed by atoms with Gasteiger partial charge in [-0.1, -0.05) is 22.0 Å².